The number of hydrogen-bond acceptors (Lipinski definition) is 5. The van der Waals surface area contributed by atoms with Crippen LogP contribution >= 0.6 is 0 Å². The minimum Gasteiger partial charge on any atom is -0.467 e. The van der Waals surface area contributed by atoms with Crippen molar-refractivity contribution in [3.63, 3.8) is 0 Å². The molecule has 2 aromatic heterocycles. The number of benzene rings is 2. The molecule has 4 aromatic rings. The Hall–Kier alpha value is -3.67. The first-order valence-electron chi connectivity index (χ1n) is 9.96. The maximum absolute atomic E-state index is 13.0. The standard InChI is InChI=1S/C24H23N3O3/c1-18-12-14-20(15-13-18)27(17-21-9-6-16-29-21)23(28)11-5-10-22-25-24(26-30-22)19-7-3-2-4-8-19/h2-4,6-9,12-16H,5,10-11,17H2,1H3. The molecule has 0 saturated carbocycles. The number of carbonyl (C=O) groups excluding carboxylic acids is 1. The molecular weight excluding hydrogens is 378 g/mol. The van der Waals surface area contributed by atoms with Gasteiger partial charge in [-0.2, -0.15) is 4.98 Å². The van der Waals surface area contributed by atoms with Crippen LogP contribution in [0.4, 0.5) is 5.69 Å². The van der Waals surface area contributed by atoms with Crippen LogP contribution in [0.2, 0.25) is 0 Å². The maximum atomic E-state index is 13.0. The van der Waals surface area contributed by atoms with Crippen LogP contribution in [-0.4, -0.2) is 16.0 Å². The summed E-state index contributed by atoms with van der Waals surface area (Å²) < 4.78 is 10.8. The monoisotopic (exact) mass is 401 g/mol. The van der Waals surface area contributed by atoms with E-state index >= 15 is 0 Å². The van der Waals surface area contributed by atoms with E-state index in [2.05, 4.69) is 10.1 Å². The van der Waals surface area contributed by atoms with Crippen LogP contribution in [0, 0.1) is 6.92 Å². The fourth-order valence-corrected chi connectivity index (χ4v) is 3.19. The number of furan rings is 1. The Balaban J connectivity index is 1.39. The van der Waals surface area contributed by atoms with Crippen LogP contribution in [0.3, 0.4) is 0 Å². The normalized spacial score (nSPS) is 10.8. The molecule has 0 atom stereocenters. The highest BCUT2D eigenvalue weighted by molar-refractivity contribution is 5.93. The van der Waals surface area contributed by atoms with Gasteiger partial charge in [0.05, 0.1) is 12.8 Å². The lowest BCUT2D eigenvalue weighted by Crippen LogP contribution is -2.30. The van der Waals surface area contributed by atoms with Gasteiger partial charge in [0.15, 0.2) is 0 Å². The van der Waals surface area contributed by atoms with Crippen LogP contribution in [0.15, 0.2) is 81.9 Å². The summed E-state index contributed by atoms with van der Waals surface area (Å²) in [5.41, 5.74) is 2.91. The predicted octanol–water partition coefficient (Wildman–Crippen LogP) is 5.19. The molecule has 0 bridgehead atoms. The second kappa shape index (κ2) is 9.22. The van der Waals surface area contributed by atoms with E-state index in [1.54, 1.807) is 11.2 Å². The van der Waals surface area contributed by atoms with Crippen LogP contribution in [0.25, 0.3) is 11.4 Å². The molecule has 0 radical (unpaired) electrons. The van der Waals surface area contributed by atoms with Gasteiger partial charge in [-0.05, 0) is 37.6 Å². The number of anilines is 1. The molecule has 30 heavy (non-hydrogen) atoms. The Kier molecular flexibility index (Phi) is 6.03. The first kappa shape index (κ1) is 19.6. The average Bonchev–Trinajstić information content (AvgIpc) is 3.46. The Morgan fingerprint density at radius 3 is 2.53 bits per heavy atom. The molecule has 0 N–H and O–H groups in total. The van der Waals surface area contributed by atoms with Gasteiger partial charge in [-0.1, -0.05) is 53.2 Å². The van der Waals surface area contributed by atoms with Crippen molar-refractivity contribution in [2.45, 2.75) is 32.7 Å². The molecule has 1 amide bonds. The first-order valence-corrected chi connectivity index (χ1v) is 9.96. The lowest BCUT2D eigenvalue weighted by atomic mass is 10.1. The largest absolute Gasteiger partial charge is 0.467 e. The predicted molar refractivity (Wildman–Crippen MR) is 114 cm³/mol. The van der Waals surface area contributed by atoms with Gasteiger partial charge in [0.2, 0.25) is 17.6 Å². The summed E-state index contributed by atoms with van der Waals surface area (Å²) >= 11 is 0. The summed E-state index contributed by atoms with van der Waals surface area (Å²) in [6, 6.07) is 21.3. The average molecular weight is 401 g/mol. The summed E-state index contributed by atoms with van der Waals surface area (Å²) in [6.45, 7) is 2.42. The minimum atomic E-state index is 0.0260. The SMILES string of the molecule is Cc1ccc(N(Cc2ccco2)C(=O)CCCc2nc(-c3ccccc3)no2)cc1. The Bertz CT molecular complexity index is 1070. The summed E-state index contributed by atoms with van der Waals surface area (Å²) in [4.78, 5) is 19.2. The van der Waals surface area contributed by atoms with Crippen molar-refractivity contribution in [2.24, 2.45) is 0 Å². The molecule has 0 saturated heterocycles. The van der Waals surface area contributed by atoms with Gasteiger partial charge in [0, 0.05) is 24.1 Å². The summed E-state index contributed by atoms with van der Waals surface area (Å²) in [5.74, 6) is 1.87. The molecule has 0 unspecified atom stereocenters. The second-order valence-corrected chi connectivity index (χ2v) is 7.13. The highest BCUT2D eigenvalue weighted by Gasteiger charge is 2.18. The number of nitrogens with zero attached hydrogens (tertiary/aromatic N) is 3. The van der Waals surface area contributed by atoms with Crippen LogP contribution < -0.4 is 4.90 Å². The molecule has 6 nitrogen and oxygen atoms in total. The fourth-order valence-electron chi connectivity index (χ4n) is 3.19. The van der Waals surface area contributed by atoms with E-state index in [0.29, 0.717) is 37.5 Å². The minimum absolute atomic E-state index is 0.0260. The summed E-state index contributed by atoms with van der Waals surface area (Å²) in [7, 11) is 0. The highest BCUT2D eigenvalue weighted by atomic mass is 16.5. The van der Waals surface area contributed by atoms with Crippen molar-refractivity contribution in [1.29, 1.82) is 0 Å². The van der Waals surface area contributed by atoms with Gasteiger partial charge < -0.3 is 13.8 Å². The van der Waals surface area contributed by atoms with E-state index in [9.17, 15) is 4.79 Å². The Labute approximate surface area is 175 Å². The molecule has 0 aliphatic heterocycles. The summed E-state index contributed by atoms with van der Waals surface area (Å²) in [6.07, 6.45) is 3.16. The van der Waals surface area contributed by atoms with Gasteiger partial charge in [0.25, 0.3) is 0 Å². The molecule has 2 aromatic carbocycles. The molecule has 0 aliphatic carbocycles. The van der Waals surface area contributed by atoms with Gasteiger partial charge >= 0.3 is 0 Å². The molecule has 0 aliphatic rings. The van der Waals surface area contributed by atoms with E-state index in [4.69, 9.17) is 8.94 Å². The van der Waals surface area contributed by atoms with Crippen molar-refractivity contribution in [3.05, 3.63) is 90.2 Å². The lowest BCUT2D eigenvalue weighted by Gasteiger charge is -2.22. The van der Waals surface area contributed by atoms with Crippen molar-refractivity contribution < 1.29 is 13.7 Å². The first-order chi connectivity index (χ1) is 14.7. The van der Waals surface area contributed by atoms with Gasteiger partial charge in [0.1, 0.15) is 5.76 Å². The molecule has 2 heterocycles. The van der Waals surface area contributed by atoms with Crippen molar-refractivity contribution in [1.82, 2.24) is 10.1 Å². The van der Waals surface area contributed by atoms with E-state index in [-0.39, 0.29) is 5.91 Å². The maximum Gasteiger partial charge on any atom is 0.227 e. The molecule has 152 valence electrons. The van der Waals surface area contributed by atoms with Crippen molar-refractivity contribution >= 4 is 11.6 Å². The molecule has 4 rings (SSSR count). The van der Waals surface area contributed by atoms with Gasteiger partial charge in [-0.25, -0.2) is 0 Å². The smallest absolute Gasteiger partial charge is 0.227 e. The zero-order valence-corrected chi connectivity index (χ0v) is 16.8. The van der Waals surface area contributed by atoms with Gasteiger partial charge in [-0.3, -0.25) is 4.79 Å². The number of hydrogen-bond donors (Lipinski definition) is 0. The third-order valence-corrected chi connectivity index (χ3v) is 4.82. The topological polar surface area (TPSA) is 72.4 Å². The molecule has 6 heteroatoms. The zero-order chi connectivity index (χ0) is 20.8. The molecule has 0 fully saturated rings. The van der Waals surface area contributed by atoms with E-state index in [1.165, 1.54) is 0 Å². The van der Waals surface area contributed by atoms with E-state index in [0.717, 1.165) is 22.6 Å². The number of aryl methyl sites for hydroxylation is 2. The van der Waals surface area contributed by atoms with Crippen LogP contribution in [0.1, 0.15) is 30.1 Å². The van der Waals surface area contributed by atoms with Crippen LogP contribution in [-0.2, 0) is 17.8 Å². The highest BCUT2D eigenvalue weighted by Crippen LogP contribution is 2.21. The Morgan fingerprint density at radius 2 is 1.80 bits per heavy atom. The third-order valence-electron chi connectivity index (χ3n) is 4.82. The van der Waals surface area contributed by atoms with E-state index in [1.807, 2.05) is 73.7 Å². The van der Waals surface area contributed by atoms with E-state index < -0.39 is 0 Å². The number of carbonyl (C=O) groups is 1. The number of aromatic nitrogens is 2. The third kappa shape index (κ3) is 4.84. The Morgan fingerprint density at radius 1 is 1.00 bits per heavy atom. The fraction of sp³-hybridized carbons (Fsp3) is 0.208. The van der Waals surface area contributed by atoms with Crippen molar-refractivity contribution in [2.75, 3.05) is 4.90 Å². The van der Waals surface area contributed by atoms with Crippen molar-refractivity contribution in [3.8, 4) is 11.4 Å². The number of rotatable bonds is 8. The number of amides is 1. The zero-order valence-electron chi connectivity index (χ0n) is 16.8. The lowest BCUT2D eigenvalue weighted by molar-refractivity contribution is -0.118. The summed E-state index contributed by atoms with van der Waals surface area (Å²) in [5, 5.41) is 4.03. The molecule has 0 spiro atoms. The molecular formula is C24H23N3O3. The quantitative estimate of drug-likeness (QED) is 0.406. The second-order valence-electron chi connectivity index (χ2n) is 7.13. The van der Waals surface area contributed by atoms with Gasteiger partial charge in [-0.15, -0.1) is 0 Å². The van der Waals surface area contributed by atoms with Crippen LogP contribution in [0.5, 0.6) is 0 Å².